The molecule has 0 spiro atoms. The predicted octanol–water partition coefficient (Wildman–Crippen LogP) is 1.73. The first kappa shape index (κ1) is 25.2. The third-order valence-electron chi connectivity index (χ3n) is 7.15. The van der Waals surface area contributed by atoms with Crippen LogP contribution in [0.4, 0.5) is 0 Å². The van der Waals surface area contributed by atoms with Gasteiger partial charge in [0.05, 0.1) is 19.3 Å². The summed E-state index contributed by atoms with van der Waals surface area (Å²) < 4.78 is 5.45. The molecule has 2 aromatic rings. The van der Waals surface area contributed by atoms with E-state index in [0.717, 1.165) is 30.7 Å². The lowest BCUT2D eigenvalue weighted by Gasteiger charge is -2.27. The average Bonchev–Trinajstić information content (AvgIpc) is 3.20. The van der Waals surface area contributed by atoms with Gasteiger partial charge in [-0.3, -0.25) is 9.59 Å². The summed E-state index contributed by atoms with van der Waals surface area (Å²) in [5.41, 5.74) is 8.96. The molecular formula is C27H36N4O4. The Labute approximate surface area is 206 Å². The molecule has 1 aliphatic heterocycles. The van der Waals surface area contributed by atoms with Crippen LogP contribution in [0.2, 0.25) is 0 Å². The third-order valence-corrected chi connectivity index (χ3v) is 7.15. The molecular weight excluding hydrogens is 444 g/mol. The summed E-state index contributed by atoms with van der Waals surface area (Å²) in [4.78, 5) is 25.1. The van der Waals surface area contributed by atoms with Crippen LogP contribution in [0.1, 0.15) is 54.5 Å². The van der Waals surface area contributed by atoms with Crippen LogP contribution in [0.15, 0.2) is 48.5 Å². The van der Waals surface area contributed by atoms with Crippen molar-refractivity contribution < 1.29 is 19.4 Å². The maximum atomic E-state index is 13.0. The fraction of sp³-hybridized carbons (Fsp3) is 0.481. The highest BCUT2D eigenvalue weighted by molar-refractivity contribution is 5.99. The van der Waals surface area contributed by atoms with E-state index in [1.807, 2.05) is 36.4 Å². The zero-order chi connectivity index (χ0) is 24.8. The van der Waals surface area contributed by atoms with Crippen LogP contribution < -0.4 is 26.4 Å². The van der Waals surface area contributed by atoms with Crippen molar-refractivity contribution in [2.45, 2.75) is 56.3 Å². The highest BCUT2D eigenvalue weighted by Gasteiger charge is 2.33. The molecule has 0 unspecified atom stereocenters. The lowest BCUT2D eigenvalue weighted by Crippen LogP contribution is -2.52. The van der Waals surface area contributed by atoms with Crippen molar-refractivity contribution in [1.82, 2.24) is 16.0 Å². The number of aliphatic hydroxyl groups is 1. The number of hydrogen-bond donors (Lipinski definition) is 5. The van der Waals surface area contributed by atoms with Gasteiger partial charge in [0.25, 0.3) is 0 Å². The van der Waals surface area contributed by atoms with E-state index < -0.39 is 29.9 Å². The number of amides is 2. The number of aliphatic hydroxyl groups excluding tert-OH is 1. The molecule has 1 fully saturated rings. The first-order chi connectivity index (χ1) is 17.0. The molecule has 1 heterocycles. The SMILES string of the molecule is COc1ccc2c(c1)[C@H]1C[C@@H]2NCCCC[C@@H](C(N)=O)C(=O)N[C@@H](Cc2ccccc2)[C@H](O)CN1. The van der Waals surface area contributed by atoms with Gasteiger partial charge in [-0.05, 0) is 61.1 Å². The van der Waals surface area contributed by atoms with Crippen molar-refractivity contribution in [2.75, 3.05) is 20.2 Å². The monoisotopic (exact) mass is 480 g/mol. The molecule has 1 saturated heterocycles. The molecule has 2 aromatic carbocycles. The predicted molar refractivity (Wildman–Crippen MR) is 134 cm³/mol. The first-order valence-corrected chi connectivity index (χ1v) is 12.4. The number of carbonyl (C=O) groups is 2. The number of rotatable bonds is 4. The van der Waals surface area contributed by atoms with Gasteiger partial charge in [-0.1, -0.05) is 42.8 Å². The van der Waals surface area contributed by atoms with Gasteiger partial charge >= 0.3 is 0 Å². The maximum Gasteiger partial charge on any atom is 0.232 e. The Morgan fingerprint density at radius 3 is 2.60 bits per heavy atom. The Hall–Kier alpha value is -2.94. The number of nitrogens with two attached hydrogens (primary N) is 1. The quantitative estimate of drug-likeness (QED) is 0.425. The van der Waals surface area contributed by atoms with E-state index in [9.17, 15) is 14.7 Å². The van der Waals surface area contributed by atoms with Gasteiger partial charge in [-0.15, -0.1) is 0 Å². The normalized spacial score (nSPS) is 27.7. The van der Waals surface area contributed by atoms with Gasteiger partial charge in [-0.2, -0.15) is 0 Å². The summed E-state index contributed by atoms with van der Waals surface area (Å²) in [6.45, 7) is 1.06. The lowest BCUT2D eigenvalue weighted by atomic mass is 9.96. The van der Waals surface area contributed by atoms with Gasteiger partial charge in [0.1, 0.15) is 11.7 Å². The minimum atomic E-state index is -0.914. The number of primary amides is 1. The van der Waals surface area contributed by atoms with E-state index in [-0.39, 0.29) is 18.6 Å². The number of hydrogen-bond acceptors (Lipinski definition) is 6. The smallest absolute Gasteiger partial charge is 0.232 e. The van der Waals surface area contributed by atoms with Crippen molar-refractivity contribution in [3.05, 3.63) is 65.2 Å². The molecule has 0 saturated carbocycles. The fourth-order valence-corrected chi connectivity index (χ4v) is 5.17. The van der Waals surface area contributed by atoms with E-state index in [4.69, 9.17) is 10.5 Å². The van der Waals surface area contributed by atoms with E-state index in [0.29, 0.717) is 19.3 Å². The van der Waals surface area contributed by atoms with E-state index in [1.165, 1.54) is 11.1 Å². The standard InChI is InChI=1S/C27H36N4O4/c1-35-18-10-11-19-21(14-18)23-15-22(19)29-12-6-5-9-20(26(28)33)27(34)31-24(25(32)16-30-23)13-17-7-3-2-4-8-17/h2-4,7-8,10-11,14,20,22-25,29-30,32H,5-6,9,12-13,15-16H2,1H3,(H2,28,33)(H,31,34)/t20-,22-,23+,24-,25+/m0/s1. The molecule has 8 heteroatoms. The Bertz CT molecular complexity index is 1020. The highest BCUT2D eigenvalue weighted by atomic mass is 16.5. The van der Waals surface area contributed by atoms with Crippen LogP contribution >= 0.6 is 0 Å². The first-order valence-electron chi connectivity index (χ1n) is 12.4. The second-order valence-electron chi connectivity index (χ2n) is 9.52. The van der Waals surface area contributed by atoms with Gasteiger partial charge in [-0.25, -0.2) is 0 Å². The van der Waals surface area contributed by atoms with Gasteiger partial charge < -0.3 is 31.5 Å². The summed E-state index contributed by atoms with van der Waals surface area (Å²) in [6.07, 6.45) is 2.35. The zero-order valence-corrected chi connectivity index (χ0v) is 20.2. The number of methoxy groups -OCH3 is 1. The molecule has 2 amide bonds. The molecule has 4 rings (SSSR count). The molecule has 8 nitrogen and oxygen atoms in total. The number of nitrogens with one attached hydrogen (secondary N) is 3. The molecule has 35 heavy (non-hydrogen) atoms. The molecule has 5 atom stereocenters. The van der Waals surface area contributed by atoms with Crippen molar-refractivity contribution in [2.24, 2.45) is 11.7 Å². The van der Waals surface area contributed by atoms with Crippen LogP contribution in [0.25, 0.3) is 0 Å². The summed E-state index contributed by atoms with van der Waals surface area (Å²) in [6, 6.07) is 15.5. The number of β-amino-alcohol motifs (C(OH)–C–C–N with tert-alkyl or cyclic N) is 1. The molecule has 188 valence electrons. The highest BCUT2D eigenvalue weighted by Crippen LogP contribution is 2.40. The zero-order valence-electron chi connectivity index (χ0n) is 20.2. The molecule has 1 aliphatic carbocycles. The Morgan fingerprint density at radius 1 is 1.09 bits per heavy atom. The Balaban J connectivity index is 1.58. The number of benzene rings is 2. The van der Waals surface area contributed by atoms with Gasteiger partial charge in [0.2, 0.25) is 11.8 Å². The minimum absolute atomic E-state index is 0.0452. The molecule has 0 radical (unpaired) electrons. The van der Waals surface area contributed by atoms with Crippen molar-refractivity contribution in [3.63, 3.8) is 0 Å². The van der Waals surface area contributed by atoms with Crippen molar-refractivity contribution in [1.29, 1.82) is 0 Å². The van der Waals surface area contributed by atoms with Gasteiger partial charge in [0.15, 0.2) is 0 Å². The maximum absolute atomic E-state index is 13.0. The van der Waals surface area contributed by atoms with Crippen LogP contribution in [0.5, 0.6) is 5.75 Å². The topological polar surface area (TPSA) is 126 Å². The largest absolute Gasteiger partial charge is 0.497 e. The van der Waals surface area contributed by atoms with E-state index >= 15 is 0 Å². The van der Waals surface area contributed by atoms with E-state index in [2.05, 4.69) is 28.1 Å². The number of ether oxygens (including phenoxy) is 1. The van der Waals surface area contributed by atoms with Crippen molar-refractivity contribution >= 4 is 11.8 Å². The average molecular weight is 481 g/mol. The van der Waals surface area contributed by atoms with E-state index in [1.54, 1.807) is 7.11 Å². The Kier molecular flexibility index (Phi) is 8.38. The lowest BCUT2D eigenvalue weighted by molar-refractivity contribution is -0.134. The molecule has 2 bridgehead atoms. The molecule has 0 aromatic heterocycles. The molecule has 6 N–H and O–H groups in total. The summed E-state index contributed by atoms with van der Waals surface area (Å²) >= 11 is 0. The molecule has 2 aliphatic rings. The fourth-order valence-electron chi connectivity index (χ4n) is 5.17. The van der Waals surface area contributed by atoms with Gasteiger partial charge in [0, 0.05) is 18.6 Å². The summed E-state index contributed by atoms with van der Waals surface area (Å²) in [5.74, 6) is -1.16. The Morgan fingerprint density at radius 2 is 1.86 bits per heavy atom. The van der Waals surface area contributed by atoms with Crippen LogP contribution in [0, 0.1) is 5.92 Å². The summed E-state index contributed by atoms with van der Waals surface area (Å²) in [5, 5.41) is 21.2. The second-order valence-corrected chi connectivity index (χ2v) is 9.52. The van der Waals surface area contributed by atoms with Crippen LogP contribution in [-0.2, 0) is 16.0 Å². The second kappa shape index (κ2) is 11.7. The third kappa shape index (κ3) is 6.20. The minimum Gasteiger partial charge on any atom is -0.497 e. The number of carbonyl (C=O) groups excluding carboxylic acids is 2. The van der Waals surface area contributed by atoms with Crippen LogP contribution in [0.3, 0.4) is 0 Å². The van der Waals surface area contributed by atoms with Crippen LogP contribution in [-0.4, -0.2) is 49.3 Å². The van der Waals surface area contributed by atoms with Crippen molar-refractivity contribution in [3.8, 4) is 5.75 Å². The summed E-state index contributed by atoms with van der Waals surface area (Å²) in [7, 11) is 1.66. The number of fused-ring (bicyclic) bond motifs is 5.